The number of amides is 1. The van der Waals surface area contributed by atoms with E-state index in [4.69, 9.17) is 15.5 Å². The molecule has 2 bridgehead atoms. The molecule has 5 rings (SSSR count). The molecule has 2 aliphatic heterocycles. The molecule has 8 nitrogen and oxygen atoms in total. The summed E-state index contributed by atoms with van der Waals surface area (Å²) in [5.41, 5.74) is 12.0. The van der Waals surface area contributed by atoms with Crippen molar-refractivity contribution in [3.8, 4) is 5.75 Å². The summed E-state index contributed by atoms with van der Waals surface area (Å²) in [7, 11) is 5.13. The van der Waals surface area contributed by atoms with Crippen molar-refractivity contribution in [1.82, 2.24) is 15.2 Å². The van der Waals surface area contributed by atoms with E-state index < -0.39 is 6.10 Å². The highest BCUT2D eigenvalue weighted by Gasteiger charge is 2.28. The van der Waals surface area contributed by atoms with Crippen LogP contribution in [-0.2, 0) is 4.79 Å². The zero-order chi connectivity index (χ0) is 27.7. The zero-order valence-electron chi connectivity index (χ0n) is 22.8. The molecule has 204 valence electrons. The number of pyridine rings is 1. The van der Waals surface area contributed by atoms with Gasteiger partial charge in [0.15, 0.2) is 11.6 Å². The fourth-order valence-corrected chi connectivity index (χ4v) is 4.93. The molecule has 39 heavy (non-hydrogen) atoms. The molecule has 4 N–H and O–H groups in total. The number of halogens is 1. The number of hydrogen-bond acceptors (Lipinski definition) is 7. The standard InChI is InChI=1S/C30H35FN6O2/c1-17-23-14-21(31)9-10-22(23)27-19(6-5-11-34-27)12-24(26(32)30(38)37(3)4)28(35-15-18-7-8-18)20-13-25(39-17)29(33-2)36-16-20/h5-6,9-10,13-14,16-18,34H,7-8,11-12,15,32H2,1-4H3,(H,33,36)/b26-24-,35-28?/t17-/m1/s1. The second-order valence-corrected chi connectivity index (χ2v) is 10.4. The average molecular weight is 531 g/mol. The van der Waals surface area contributed by atoms with Gasteiger partial charge in [-0.1, -0.05) is 12.2 Å². The minimum Gasteiger partial charge on any atom is -0.482 e. The van der Waals surface area contributed by atoms with Crippen molar-refractivity contribution in [3.05, 3.63) is 82.0 Å². The Morgan fingerprint density at radius 2 is 2.10 bits per heavy atom. The number of carbonyl (C=O) groups is 1. The molecule has 2 aromatic rings. The number of nitrogens with one attached hydrogen (secondary N) is 2. The van der Waals surface area contributed by atoms with Gasteiger partial charge in [0.2, 0.25) is 0 Å². The summed E-state index contributed by atoms with van der Waals surface area (Å²) in [5, 5.41) is 6.56. The number of aromatic nitrogens is 1. The SMILES string of the molecule is CNc1ncc2cc1O[C@H](C)c1cc(F)ccc1C1=C(C=CCN1)C/C(=C(/N)C(=O)N(C)C)C2=NCC1CC1. The van der Waals surface area contributed by atoms with Crippen LogP contribution in [0.25, 0.3) is 5.70 Å². The average Bonchev–Trinajstić information content (AvgIpc) is 3.76. The van der Waals surface area contributed by atoms with E-state index in [9.17, 15) is 9.18 Å². The van der Waals surface area contributed by atoms with E-state index in [1.807, 2.05) is 25.1 Å². The smallest absolute Gasteiger partial charge is 0.269 e. The minimum absolute atomic E-state index is 0.130. The van der Waals surface area contributed by atoms with E-state index in [0.717, 1.165) is 29.7 Å². The maximum absolute atomic E-state index is 14.5. The molecule has 9 heteroatoms. The Morgan fingerprint density at radius 1 is 1.31 bits per heavy atom. The van der Waals surface area contributed by atoms with Crippen LogP contribution in [0, 0.1) is 11.7 Å². The fourth-order valence-electron chi connectivity index (χ4n) is 4.93. The van der Waals surface area contributed by atoms with Gasteiger partial charge < -0.3 is 26.0 Å². The van der Waals surface area contributed by atoms with E-state index in [1.165, 1.54) is 17.0 Å². The van der Waals surface area contributed by atoms with E-state index in [0.29, 0.717) is 59.4 Å². The van der Waals surface area contributed by atoms with Crippen molar-refractivity contribution in [2.24, 2.45) is 16.6 Å². The number of nitrogens with two attached hydrogens (primary N) is 1. The van der Waals surface area contributed by atoms with Crippen LogP contribution in [0.5, 0.6) is 5.75 Å². The van der Waals surface area contributed by atoms with Gasteiger partial charge in [-0.3, -0.25) is 9.79 Å². The Balaban J connectivity index is 1.81. The van der Waals surface area contributed by atoms with Gasteiger partial charge in [0.05, 0.1) is 5.71 Å². The van der Waals surface area contributed by atoms with E-state index in [-0.39, 0.29) is 17.4 Å². The quantitative estimate of drug-likeness (QED) is 0.513. The lowest BCUT2D eigenvalue weighted by molar-refractivity contribution is -0.124. The Kier molecular flexibility index (Phi) is 7.41. The first kappa shape index (κ1) is 26.5. The number of ether oxygens (including phenoxy) is 1. The molecule has 0 spiro atoms. The Hall–Kier alpha value is -4.14. The maximum atomic E-state index is 14.5. The summed E-state index contributed by atoms with van der Waals surface area (Å²) in [5.74, 6) is 0.933. The van der Waals surface area contributed by atoms with Gasteiger partial charge in [0.1, 0.15) is 17.6 Å². The highest BCUT2D eigenvalue weighted by atomic mass is 19.1. The van der Waals surface area contributed by atoms with Gasteiger partial charge in [0.25, 0.3) is 5.91 Å². The molecule has 1 atom stereocenters. The highest BCUT2D eigenvalue weighted by Crippen LogP contribution is 2.37. The van der Waals surface area contributed by atoms with E-state index in [2.05, 4.69) is 15.6 Å². The lowest BCUT2D eigenvalue weighted by Gasteiger charge is -2.27. The van der Waals surface area contributed by atoms with E-state index in [1.54, 1.807) is 33.4 Å². The predicted molar refractivity (Wildman–Crippen MR) is 152 cm³/mol. The molecule has 1 aromatic carbocycles. The molecule has 1 saturated carbocycles. The molecule has 3 aliphatic rings. The zero-order valence-corrected chi connectivity index (χ0v) is 22.8. The van der Waals surface area contributed by atoms with Gasteiger partial charge >= 0.3 is 0 Å². The summed E-state index contributed by atoms with van der Waals surface area (Å²) in [4.78, 5) is 24.3. The number of likely N-dealkylation sites (N-methyl/N-ethyl adjacent to an activating group) is 1. The monoisotopic (exact) mass is 530 g/mol. The summed E-state index contributed by atoms with van der Waals surface area (Å²) in [6.45, 7) is 3.16. The van der Waals surface area contributed by atoms with Crippen LogP contribution in [0.1, 0.15) is 49.0 Å². The molecule has 0 unspecified atom stereocenters. The van der Waals surface area contributed by atoms with Gasteiger partial charge in [0, 0.05) is 74.8 Å². The van der Waals surface area contributed by atoms with Crippen molar-refractivity contribution in [2.45, 2.75) is 32.3 Å². The number of aliphatic imine (C=N–C) groups is 1. The summed E-state index contributed by atoms with van der Waals surface area (Å²) in [6.07, 6.45) is 7.94. The molecule has 1 aliphatic carbocycles. The summed E-state index contributed by atoms with van der Waals surface area (Å²) < 4.78 is 21.0. The Labute approximate surface area is 228 Å². The van der Waals surface area contributed by atoms with Crippen molar-refractivity contribution < 1.29 is 13.9 Å². The van der Waals surface area contributed by atoms with Crippen LogP contribution in [-0.4, -0.2) is 55.7 Å². The van der Waals surface area contributed by atoms with Crippen LogP contribution in [0.3, 0.4) is 0 Å². The van der Waals surface area contributed by atoms with Crippen LogP contribution in [0.15, 0.2) is 64.5 Å². The third-order valence-electron chi connectivity index (χ3n) is 7.24. The number of anilines is 1. The third kappa shape index (κ3) is 5.53. The first-order chi connectivity index (χ1) is 18.8. The molecule has 0 saturated heterocycles. The Morgan fingerprint density at radius 3 is 2.82 bits per heavy atom. The number of carbonyl (C=O) groups excluding carboxylic acids is 1. The molecule has 3 heterocycles. The Bertz CT molecular complexity index is 1420. The highest BCUT2D eigenvalue weighted by molar-refractivity contribution is 6.17. The lowest BCUT2D eigenvalue weighted by atomic mass is 9.89. The van der Waals surface area contributed by atoms with Crippen molar-refractivity contribution in [2.75, 3.05) is 39.5 Å². The molecular weight excluding hydrogens is 495 g/mol. The second-order valence-electron chi connectivity index (χ2n) is 10.4. The first-order valence-electron chi connectivity index (χ1n) is 13.3. The number of fused-ring (bicyclic) bond motifs is 4. The second kappa shape index (κ2) is 10.9. The molecule has 1 aromatic heterocycles. The van der Waals surface area contributed by atoms with Gasteiger partial charge in [-0.15, -0.1) is 0 Å². The van der Waals surface area contributed by atoms with Crippen LogP contribution < -0.4 is 21.1 Å². The number of hydrogen-bond donors (Lipinski definition) is 3. The number of dihydropyridines is 1. The van der Waals surface area contributed by atoms with Crippen molar-refractivity contribution >= 4 is 23.1 Å². The summed E-state index contributed by atoms with van der Waals surface area (Å²) in [6, 6.07) is 6.60. The molecule has 1 fully saturated rings. The van der Waals surface area contributed by atoms with Crippen molar-refractivity contribution in [1.29, 1.82) is 0 Å². The topological polar surface area (TPSA) is 105 Å². The molecule has 1 amide bonds. The molecular formula is C30H35FN6O2. The third-order valence-corrected chi connectivity index (χ3v) is 7.24. The predicted octanol–water partition coefficient (Wildman–Crippen LogP) is 4.18. The van der Waals surface area contributed by atoms with Crippen LogP contribution in [0.2, 0.25) is 0 Å². The fraction of sp³-hybridized carbons (Fsp3) is 0.367. The van der Waals surface area contributed by atoms with Crippen LogP contribution in [0.4, 0.5) is 10.2 Å². The molecule has 0 radical (unpaired) electrons. The largest absolute Gasteiger partial charge is 0.482 e. The van der Waals surface area contributed by atoms with Crippen molar-refractivity contribution in [3.63, 3.8) is 0 Å². The van der Waals surface area contributed by atoms with Gasteiger partial charge in [-0.05, 0) is 55.5 Å². The lowest BCUT2D eigenvalue weighted by Crippen LogP contribution is -2.31. The summed E-state index contributed by atoms with van der Waals surface area (Å²) >= 11 is 0. The van der Waals surface area contributed by atoms with Gasteiger partial charge in [-0.25, -0.2) is 9.37 Å². The van der Waals surface area contributed by atoms with E-state index >= 15 is 0 Å². The minimum atomic E-state index is -0.483. The number of nitrogens with zero attached hydrogens (tertiary/aromatic N) is 3. The number of allylic oxidation sites excluding steroid dienone is 3. The van der Waals surface area contributed by atoms with Gasteiger partial charge in [-0.2, -0.15) is 0 Å². The normalized spacial score (nSPS) is 21.1. The van der Waals surface area contributed by atoms with Crippen LogP contribution >= 0.6 is 0 Å². The maximum Gasteiger partial charge on any atom is 0.269 e. The first-order valence-corrected chi connectivity index (χ1v) is 13.3. The number of benzene rings is 1. The number of rotatable bonds is 4.